The van der Waals surface area contributed by atoms with Crippen LogP contribution in [0.3, 0.4) is 0 Å². The first-order chi connectivity index (χ1) is 16.4. The molecular formula is C25H20BrClN2O5. The minimum Gasteiger partial charge on any atom is -0.503 e. The van der Waals surface area contributed by atoms with Gasteiger partial charge in [0, 0.05) is 5.02 Å². The Morgan fingerprint density at radius 3 is 2.41 bits per heavy atom. The summed E-state index contributed by atoms with van der Waals surface area (Å²) in [7, 11) is 0. The fourth-order valence-corrected chi connectivity index (χ4v) is 5.01. The number of hydroxylamine groups is 1. The number of ether oxygens (including phenoxy) is 1. The lowest BCUT2D eigenvalue weighted by Crippen LogP contribution is -2.37. The zero-order chi connectivity index (χ0) is 24.0. The van der Waals surface area contributed by atoms with Gasteiger partial charge in [0.15, 0.2) is 17.6 Å². The number of nitrogens with zero attached hydrogens (tertiary/aromatic N) is 2. The molecule has 0 bridgehead atoms. The van der Waals surface area contributed by atoms with E-state index in [1.165, 1.54) is 0 Å². The monoisotopic (exact) mass is 542 g/mol. The number of phenolic OH excluding ortho intramolecular Hbond substituents is 1. The van der Waals surface area contributed by atoms with Crippen LogP contribution in [-0.4, -0.2) is 29.6 Å². The van der Waals surface area contributed by atoms with E-state index < -0.39 is 24.0 Å². The van der Waals surface area contributed by atoms with Crippen molar-refractivity contribution in [2.24, 2.45) is 5.92 Å². The molecule has 3 aromatic rings. The summed E-state index contributed by atoms with van der Waals surface area (Å²) in [6.07, 6.45) is -1.00. The number of hydrogen-bond acceptors (Lipinski definition) is 6. The van der Waals surface area contributed by atoms with Crippen molar-refractivity contribution in [2.75, 3.05) is 16.6 Å². The van der Waals surface area contributed by atoms with Crippen molar-refractivity contribution in [3.05, 3.63) is 81.8 Å². The van der Waals surface area contributed by atoms with E-state index in [2.05, 4.69) is 15.9 Å². The third-order valence-corrected chi connectivity index (χ3v) is 6.76. The number of benzene rings is 3. The van der Waals surface area contributed by atoms with Gasteiger partial charge in [0.05, 0.1) is 28.5 Å². The normalized spacial score (nSPS) is 21.8. The number of phenols is 1. The van der Waals surface area contributed by atoms with Crippen molar-refractivity contribution >= 4 is 50.7 Å². The van der Waals surface area contributed by atoms with Crippen LogP contribution in [0.5, 0.6) is 11.5 Å². The molecule has 2 aliphatic heterocycles. The maximum absolute atomic E-state index is 13.7. The van der Waals surface area contributed by atoms with Gasteiger partial charge in [-0.05, 0) is 76.9 Å². The van der Waals surface area contributed by atoms with E-state index in [-0.39, 0.29) is 17.4 Å². The first kappa shape index (κ1) is 22.7. The number of hydrogen-bond donors (Lipinski definition) is 1. The number of fused-ring (bicyclic) bond motifs is 1. The molecule has 3 aromatic carbocycles. The molecule has 0 saturated carbocycles. The Morgan fingerprint density at radius 1 is 1.03 bits per heavy atom. The predicted octanol–water partition coefficient (Wildman–Crippen LogP) is 5.26. The van der Waals surface area contributed by atoms with Gasteiger partial charge in [-0.15, -0.1) is 0 Å². The Hall–Kier alpha value is -3.07. The number of carbonyl (C=O) groups excluding carboxylic acids is 2. The first-order valence-electron chi connectivity index (χ1n) is 10.7. The van der Waals surface area contributed by atoms with E-state index >= 15 is 0 Å². The number of halogens is 2. The molecule has 2 saturated heterocycles. The number of amides is 2. The Balaban J connectivity index is 1.62. The molecule has 2 fully saturated rings. The number of carbonyl (C=O) groups is 2. The van der Waals surface area contributed by atoms with Crippen LogP contribution in [0.2, 0.25) is 5.02 Å². The van der Waals surface area contributed by atoms with Crippen molar-refractivity contribution in [3.8, 4) is 11.5 Å². The van der Waals surface area contributed by atoms with Crippen LogP contribution in [0.15, 0.2) is 71.2 Å². The molecule has 0 aromatic heterocycles. The van der Waals surface area contributed by atoms with Gasteiger partial charge in [-0.25, -0.2) is 9.96 Å². The van der Waals surface area contributed by atoms with Gasteiger partial charge in [0.1, 0.15) is 5.92 Å². The summed E-state index contributed by atoms with van der Waals surface area (Å²) in [6, 6.07) is 18.6. The third kappa shape index (κ3) is 3.72. The molecule has 2 amide bonds. The van der Waals surface area contributed by atoms with Crippen molar-refractivity contribution in [2.45, 2.75) is 19.1 Å². The van der Waals surface area contributed by atoms with E-state index in [4.69, 9.17) is 21.2 Å². The first-order valence-corrected chi connectivity index (χ1v) is 11.9. The second-order valence-electron chi connectivity index (χ2n) is 7.93. The van der Waals surface area contributed by atoms with E-state index in [0.29, 0.717) is 33.0 Å². The Bertz CT molecular complexity index is 1250. The molecule has 7 nitrogen and oxygen atoms in total. The van der Waals surface area contributed by atoms with Crippen molar-refractivity contribution in [1.82, 2.24) is 0 Å². The number of rotatable bonds is 5. The summed E-state index contributed by atoms with van der Waals surface area (Å²) >= 11 is 9.37. The van der Waals surface area contributed by atoms with Crippen LogP contribution in [0, 0.1) is 5.92 Å². The molecule has 0 spiro atoms. The maximum Gasteiger partial charge on any atom is 0.266 e. The van der Waals surface area contributed by atoms with Crippen molar-refractivity contribution < 1.29 is 24.3 Å². The molecule has 0 radical (unpaired) electrons. The molecule has 9 heteroatoms. The quantitative estimate of drug-likeness (QED) is 0.443. The van der Waals surface area contributed by atoms with Gasteiger partial charge >= 0.3 is 0 Å². The lowest BCUT2D eigenvalue weighted by atomic mass is 9.90. The predicted molar refractivity (Wildman–Crippen MR) is 131 cm³/mol. The summed E-state index contributed by atoms with van der Waals surface area (Å²) in [5.41, 5.74) is 1.79. The molecule has 2 heterocycles. The maximum atomic E-state index is 13.7. The van der Waals surface area contributed by atoms with Crippen molar-refractivity contribution in [1.29, 1.82) is 0 Å². The molecule has 0 aliphatic carbocycles. The van der Waals surface area contributed by atoms with Crippen LogP contribution in [0.4, 0.5) is 11.4 Å². The highest BCUT2D eigenvalue weighted by molar-refractivity contribution is 9.10. The van der Waals surface area contributed by atoms with Crippen LogP contribution < -0.4 is 14.7 Å². The van der Waals surface area contributed by atoms with Crippen LogP contribution >= 0.6 is 27.5 Å². The minimum atomic E-state index is -1.00. The van der Waals surface area contributed by atoms with Crippen LogP contribution in [0.1, 0.15) is 18.5 Å². The van der Waals surface area contributed by atoms with Crippen molar-refractivity contribution in [3.63, 3.8) is 0 Å². The zero-order valence-electron chi connectivity index (χ0n) is 18.0. The molecular weight excluding hydrogens is 524 g/mol. The summed E-state index contributed by atoms with van der Waals surface area (Å²) in [6.45, 7) is 2.16. The number of para-hydroxylation sites is 1. The second-order valence-corrected chi connectivity index (χ2v) is 9.22. The van der Waals surface area contributed by atoms with E-state index in [0.717, 1.165) is 4.90 Å². The fourth-order valence-electron chi connectivity index (χ4n) is 4.43. The lowest BCUT2D eigenvalue weighted by molar-refractivity contribution is -0.126. The minimum absolute atomic E-state index is 0.0380. The second kappa shape index (κ2) is 8.94. The van der Waals surface area contributed by atoms with Crippen LogP contribution in [0.25, 0.3) is 0 Å². The SMILES string of the molecule is CCOc1cc([C@@H]2[C@@H]3C(=O)N(c4ccc(Cl)cc4)C(=O)[C@H]3ON2c2ccccc2)cc(Br)c1O. The van der Waals surface area contributed by atoms with Gasteiger partial charge in [-0.3, -0.25) is 14.4 Å². The fraction of sp³-hybridized carbons (Fsp3) is 0.200. The Morgan fingerprint density at radius 2 is 1.74 bits per heavy atom. The molecule has 3 atom stereocenters. The number of imide groups is 1. The summed E-state index contributed by atoms with van der Waals surface area (Å²) in [5.74, 6) is -1.39. The average Bonchev–Trinajstić information content (AvgIpc) is 3.34. The summed E-state index contributed by atoms with van der Waals surface area (Å²) < 4.78 is 6.02. The summed E-state index contributed by atoms with van der Waals surface area (Å²) in [4.78, 5) is 34.3. The Labute approximate surface area is 209 Å². The standard InChI is InChI=1S/C25H20BrClN2O5/c1-2-33-19-13-14(12-18(26)22(19)30)21-20-23(34-29(21)17-6-4-3-5-7-17)25(32)28(24(20)31)16-10-8-15(27)9-11-16/h3-13,20-21,23,30H,2H2,1H3/t20-,21+,23-/m0/s1. The lowest BCUT2D eigenvalue weighted by Gasteiger charge is -2.29. The molecule has 0 unspecified atom stereocenters. The average molecular weight is 544 g/mol. The van der Waals surface area contributed by atoms with Gasteiger partial charge in [0.25, 0.3) is 5.91 Å². The van der Waals surface area contributed by atoms with Gasteiger partial charge in [-0.2, -0.15) is 0 Å². The largest absolute Gasteiger partial charge is 0.503 e. The highest BCUT2D eigenvalue weighted by Crippen LogP contribution is 2.49. The van der Waals surface area contributed by atoms with Gasteiger partial charge in [-0.1, -0.05) is 29.8 Å². The topological polar surface area (TPSA) is 79.3 Å². The highest BCUT2D eigenvalue weighted by atomic mass is 79.9. The van der Waals surface area contributed by atoms with E-state index in [1.807, 2.05) is 37.3 Å². The molecule has 1 N–H and O–H groups in total. The Kier molecular flexibility index (Phi) is 5.97. The van der Waals surface area contributed by atoms with Crippen LogP contribution in [-0.2, 0) is 14.4 Å². The number of anilines is 2. The highest BCUT2D eigenvalue weighted by Gasteiger charge is 2.60. The third-order valence-electron chi connectivity index (χ3n) is 5.90. The van der Waals surface area contributed by atoms with E-state index in [1.54, 1.807) is 41.5 Å². The van der Waals surface area contributed by atoms with E-state index in [9.17, 15) is 14.7 Å². The molecule has 2 aliphatic rings. The van der Waals surface area contributed by atoms with Gasteiger partial charge < -0.3 is 9.84 Å². The smallest absolute Gasteiger partial charge is 0.266 e. The molecule has 174 valence electrons. The van der Waals surface area contributed by atoms with Gasteiger partial charge in [0.2, 0.25) is 5.91 Å². The molecule has 34 heavy (non-hydrogen) atoms. The zero-order valence-corrected chi connectivity index (χ0v) is 20.4. The molecule has 5 rings (SSSR count). The summed E-state index contributed by atoms with van der Waals surface area (Å²) in [5, 5.41) is 12.5. The number of aromatic hydroxyl groups is 1.